The van der Waals surface area contributed by atoms with Crippen LogP contribution in [0.1, 0.15) is 26.2 Å². The second-order valence-corrected chi connectivity index (χ2v) is 2.60. The minimum atomic E-state index is 0.584. The molecule has 0 fully saturated rings. The van der Waals surface area contributed by atoms with Crippen molar-refractivity contribution in [1.82, 2.24) is 4.90 Å². The number of nitrogens with zero attached hydrogens (tertiary/aromatic N) is 3. The van der Waals surface area contributed by atoms with Gasteiger partial charge in [-0.15, -0.1) is 0 Å². The highest BCUT2D eigenvalue weighted by molar-refractivity contribution is 4.73. The smallest absolute Gasteiger partial charge is 0.0635 e. The summed E-state index contributed by atoms with van der Waals surface area (Å²) in [6.07, 6.45) is 2.11. The van der Waals surface area contributed by atoms with Gasteiger partial charge in [0, 0.05) is 19.4 Å². The monoisotopic (exact) mass is 165 g/mol. The Morgan fingerprint density at radius 3 is 2.25 bits per heavy atom. The highest BCUT2D eigenvalue weighted by atomic mass is 15.1. The van der Waals surface area contributed by atoms with Crippen molar-refractivity contribution in [2.45, 2.75) is 26.2 Å². The number of nitriles is 2. The molecule has 0 N–H and O–H groups in total. The van der Waals surface area contributed by atoms with E-state index in [1.165, 1.54) is 0 Å². The van der Waals surface area contributed by atoms with Gasteiger partial charge in [0.05, 0.1) is 12.1 Å². The largest absolute Gasteiger partial charge is 0.303 e. The van der Waals surface area contributed by atoms with Gasteiger partial charge in [0.25, 0.3) is 0 Å². The maximum Gasteiger partial charge on any atom is 0.0635 e. The first-order valence-corrected chi connectivity index (χ1v) is 4.31. The van der Waals surface area contributed by atoms with Crippen LogP contribution in [0.2, 0.25) is 0 Å². The molecule has 0 aliphatic carbocycles. The van der Waals surface area contributed by atoms with Gasteiger partial charge in [0.2, 0.25) is 0 Å². The van der Waals surface area contributed by atoms with Gasteiger partial charge in [-0.05, 0) is 19.5 Å². The van der Waals surface area contributed by atoms with E-state index in [4.69, 9.17) is 10.5 Å². The minimum Gasteiger partial charge on any atom is -0.303 e. The summed E-state index contributed by atoms with van der Waals surface area (Å²) < 4.78 is 0. The lowest BCUT2D eigenvalue weighted by atomic mass is 10.3. The molecule has 0 bridgehead atoms. The molecular formula is C9H15N3. The SMILES string of the molecule is CCN(CCC#N)CCCC#N. The molecule has 0 saturated heterocycles. The Morgan fingerprint density at radius 2 is 1.75 bits per heavy atom. The molecule has 0 heterocycles. The Hall–Kier alpha value is -1.06. The predicted octanol–water partition coefficient (Wildman–Crippen LogP) is 1.53. The first kappa shape index (κ1) is 10.9. The molecular weight excluding hydrogens is 150 g/mol. The summed E-state index contributed by atoms with van der Waals surface area (Å²) in [6, 6.07) is 4.23. The summed E-state index contributed by atoms with van der Waals surface area (Å²) in [5.74, 6) is 0. The van der Waals surface area contributed by atoms with Crippen LogP contribution in [-0.4, -0.2) is 24.5 Å². The summed E-state index contributed by atoms with van der Waals surface area (Å²) in [7, 11) is 0. The summed E-state index contributed by atoms with van der Waals surface area (Å²) in [4.78, 5) is 2.19. The molecule has 66 valence electrons. The third-order valence-electron chi connectivity index (χ3n) is 1.75. The molecule has 3 nitrogen and oxygen atoms in total. The molecule has 0 atom stereocenters. The lowest BCUT2D eigenvalue weighted by Crippen LogP contribution is -2.25. The molecule has 0 aromatic carbocycles. The zero-order chi connectivity index (χ0) is 9.23. The fourth-order valence-corrected chi connectivity index (χ4v) is 1.02. The Bertz CT molecular complexity index is 175. The molecule has 0 aromatic rings. The van der Waals surface area contributed by atoms with Gasteiger partial charge in [0.1, 0.15) is 0 Å². The van der Waals surface area contributed by atoms with E-state index < -0.39 is 0 Å². The molecule has 0 aliphatic rings. The third kappa shape index (κ3) is 5.70. The van der Waals surface area contributed by atoms with Crippen LogP contribution in [-0.2, 0) is 0 Å². The van der Waals surface area contributed by atoms with Crippen LogP contribution in [0.3, 0.4) is 0 Å². The molecule has 0 amide bonds. The van der Waals surface area contributed by atoms with Crippen molar-refractivity contribution in [1.29, 1.82) is 10.5 Å². The highest BCUT2D eigenvalue weighted by Crippen LogP contribution is 1.95. The zero-order valence-corrected chi connectivity index (χ0v) is 7.58. The van der Waals surface area contributed by atoms with E-state index in [0.29, 0.717) is 12.8 Å². The van der Waals surface area contributed by atoms with Crippen LogP contribution < -0.4 is 0 Å². The maximum absolute atomic E-state index is 8.35. The first-order valence-electron chi connectivity index (χ1n) is 4.31. The third-order valence-corrected chi connectivity index (χ3v) is 1.75. The van der Waals surface area contributed by atoms with Crippen molar-refractivity contribution in [3.8, 4) is 12.1 Å². The first-order chi connectivity index (χ1) is 5.85. The highest BCUT2D eigenvalue weighted by Gasteiger charge is 1.99. The normalized spacial score (nSPS) is 9.33. The zero-order valence-electron chi connectivity index (χ0n) is 7.58. The van der Waals surface area contributed by atoms with E-state index in [9.17, 15) is 0 Å². The van der Waals surface area contributed by atoms with Crippen molar-refractivity contribution < 1.29 is 0 Å². The number of hydrogen-bond donors (Lipinski definition) is 0. The molecule has 0 spiro atoms. The average Bonchev–Trinajstić information content (AvgIpc) is 2.11. The van der Waals surface area contributed by atoms with Gasteiger partial charge in [-0.1, -0.05) is 6.92 Å². The van der Waals surface area contributed by atoms with Gasteiger partial charge in [-0.3, -0.25) is 0 Å². The van der Waals surface area contributed by atoms with Gasteiger partial charge in [-0.2, -0.15) is 10.5 Å². The van der Waals surface area contributed by atoms with Crippen molar-refractivity contribution in [2.24, 2.45) is 0 Å². The quantitative estimate of drug-likeness (QED) is 0.561. The standard InChI is InChI=1S/C9H15N3/c1-2-12(9-5-7-11)8-4-3-6-10/h2-5,8-9H2,1H3. The van der Waals surface area contributed by atoms with Crippen LogP contribution in [0, 0.1) is 22.7 Å². The lowest BCUT2D eigenvalue weighted by Gasteiger charge is -2.17. The van der Waals surface area contributed by atoms with E-state index in [1.807, 2.05) is 0 Å². The summed E-state index contributed by atoms with van der Waals surface area (Å²) in [5.41, 5.74) is 0. The van der Waals surface area contributed by atoms with Crippen LogP contribution in [0.25, 0.3) is 0 Å². The van der Waals surface area contributed by atoms with Gasteiger partial charge in [-0.25, -0.2) is 0 Å². The summed E-state index contributed by atoms with van der Waals surface area (Å²) in [6.45, 7) is 4.81. The molecule has 0 aromatic heterocycles. The molecule has 0 saturated carbocycles. The summed E-state index contributed by atoms with van der Waals surface area (Å²) >= 11 is 0. The van der Waals surface area contributed by atoms with Gasteiger partial charge >= 0.3 is 0 Å². The van der Waals surface area contributed by atoms with E-state index in [1.54, 1.807) is 0 Å². The van der Waals surface area contributed by atoms with Gasteiger partial charge < -0.3 is 4.90 Å². The topological polar surface area (TPSA) is 50.8 Å². The van der Waals surface area contributed by atoms with Crippen LogP contribution in [0.5, 0.6) is 0 Å². The average molecular weight is 165 g/mol. The second kappa shape index (κ2) is 8.04. The van der Waals surface area contributed by atoms with Crippen LogP contribution in [0.15, 0.2) is 0 Å². The Labute approximate surface area is 74.2 Å². The van der Waals surface area contributed by atoms with Crippen molar-refractivity contribution in [3.05, 3.63) is 0 Å². The van der Waals surface area contributed by atoms with E-state index in [0.717, 1.165) is 26.1 Å². The number of rotatable bonds is 6. The fraction of sp³-hybridized carbons (Fsp3) is 0.778. The van der Waals surface area contributed by atoms with Crippen molar-refractivity contribution in [3.63, 3.8) is 0 Å². The summed E-state index contributed by atoms with van der Waals surface area (Å²) in [5, 5.41) is 16.7. The Kier molecular flexibility index (Phi) is 7.33. The molecule has 0 aliphatic heterocycles. The Morgan fingerprint density at radius 1 is 1.08 bits per heavy atom. The number of unbranched alkanes of at least 4 members (excludes halogenated alkanes) is 1. The van der Waals surface area contributed by atoms with E-state index in [-0.39, 0.29) is 0 Å². The van der Waals surface area contributed by atoms with Crippen LogP contribution in [0.4, 0.5) is 0 Å². The molecule has 0 radical (unpaired) electrons. The molecule has 12 heavy (non-hydrogen) atoms. The predicted molar refractivity (Wildman–Crippen MR) is 47.2 cm³/mol. The van der Waals surface area contributed by atoms with Crippen molar-refractivity contribution in [2.75, 3.05) is 19.6 Å². The molecule has 0 unspecified atom stereocenters. The van der Waals surface area contributed by atoms with Gasteiger partial charge in [0.15, 0.2) is 0 Å². The minimum absolute atomic E-state index is 0.584. The second-order valence-electron chi connectivity index (χ2n) is 2.60. The van der Waals surface area contributed by atoms with E-state index in [2.05, 4.69) is 24.0 Å². The fourth-order valence-electron chi connectivity index (χ4n) is 1.02. The maximum atomic E-state index is 8.35. The molecule has 0 rings (SSSR count). The van der Waals surface area contributed by atoms with Crippen molar-refractivity contribution >= 4 is 0 Å². The Balaban J connectivity index is 3.42. The number of hydrogen-bond acceptors (Lipinski definition) is 3. The van der Waals surface area contributed by atoms with E-state index >= 15 is 0 Å². The molecule has 3 heteroatoms. The van der Waals surface area contributed by atoms with Crippen LogP contribution >= 0.6 is 0 Å². The lowest BCUT2D eigenvalue weighted by molar-refractivity contribution is 0.292.